The van der Waals surface area contributed by atoms with Crippen LogP contribution in [-0.2, 0) is 0 Å². The first-order valence-electron chi connectivity index (χ1n) is 3.32. The summed E-state index contributed by atoms with van der Waals surface area (Å²) in [5, 5.41) is 8.28. The van der Waals surface area contributed by atoms with Crippen molar-refractivity contribution in [1.29, 1.82) is 5.26 Å². The zero-order valence-electron chi connectivity index (χ0n) is 5.73. The van der Waals surface area contributed by atoms with Gasteiger partial charge in [-0.05, 0) is 6.42 Å². The average molecular weight is 146 g/mol. The monoisotopic (exact) mass is 145 g/mol. The Morgan fingerprint density at radius 2 is 2.33 bits per heavy atom. The Morgan fingerprint density at radius 3 is 2.78 bits per heavy atom. The van der Waals surface area contributed by atoms with E-state index in [-0.39, 0.29) is 5.38 Å². The smallest absolute Gasteiger partial charge is 0.0637 e. The van der Waals surface area contributed by atoms with Crippen LogP contribution in [-0.4, -0.2) is 5.38 Å². The van der Waals surface area contributed by atoms with Crippen LogP contribution in [0.15, 0.2) is 0 Å². The Labute approximate surface area is 61.6 Å². The van der Waals surface area contributed by atoms with E-state index in [4.69, 9.17) is 16.9 Å². The lowest BCUT2D eigenvalue weighted by Crippen LogP contribution is -1.95. The minimum atomic E-state index is 0.0787. The van der Waals surface area contributed by atoms with Crippen LogP contribution < -0.4 is 0 Å². The molecule has 0 aliphatic rings. The molecule has 0 saturated heterocycles. The number of rotatable bonds is 4. The van der Waals surface area contributed by atoms with Gasteiger partial charge in [-0.25, -0.2) is 0 Å². The molecule has 0 saturated carbocycles. The Bertz CT molecular complexity index is 95.6. The normalized spacial score (nSPS) is 12.6. The van der Waals surface area contributed by atoms with Gasteiger partial charge in [-0.2, -0.15) is 5.26 Å². The molecule has 1 unspecified atom stereocenters. The van der Waals surface area contributed by atoms with Crippen molar-refractivity contribution in [3.8, 4) is 6.07 Å². The molecule has 0 aliphatic heterocycles. The summed E-state index contributed by atoms with van der Waals surface area (Å²) >= 11 is 5.74. The summed E-state index contributed by atoms with van der Waals surface area (Å²) in [6.45, 7) is 2.12. The molecule has 2 heteroatoms. The van der Waals surface area contributed by atoms with Gasteiger partial charge in [-0.15, -0.1) is 11.6 Å². The molecule has 0 N–H and O–H groups in total. The van der Waals surface area contributed by atoms with Gasteiger partial charge in [0.1, 0.15) is 0 Å². The molecule has 0 spiro atoms. The lowest BCUT2D eigenvalue weighted by Gasteiger charge is -2.00. The summed E-state index contributed by atoms with van der Waals surface area (Å²) in [5.74, 6) is 0. The molecule has 0 aromatic rings. The molecule has 9 heavy (non-hydrogen) atoms. The van der Waals surface area contributed by atoms with E-state index in [1.165, 1.54) is 0 Å². The zero-order valence-corrected chi connectivity index (χ0v) is 6.49. The molecule has 1 atom stereocenters. The zero-order chi connectivity index (χ0) is 7.11. The fourth-order valence-corrected chi connectivity index (χ4v) is 0.850. The Hall–Kier alpha value is -0.220. The summed E-state index contributed by atoms with van der Waals surface area (Å²) in [6, 6.07) is 2.04. The van der Waals surface area contributed by atoms with E-state index in [0.717, 1.165) is 19.3 Å². The number of hydrogen-bond acceptors (Lipinski definition) is 1. The molecule has 0 aliphatic carbocycles. The summed E-state index contributed by atoms with van der Waals surface area (Å²) in [7, 11) is 0. The predicted molar refractivity (Wildman–Crippen MR) is 39.4 cm³/mol. The molecule has 0 rings (SSSR count). The Balaban J connectivity index is 3.08. The lowest BCUT2D eigenvalue weighted by atomic mass is 10.2. The fraction of sp³-hybridized carbons (Fsp3) is 0.857. The van der Waals surface area contributed by atoms with Crippen molar-refractivity contribution in [3.05, 3.63) is 0 Å². The van der Waals surface area contributed by atoms with Gasteiger partial charge in [0.05, 0.1) is 12.5 Å². The van der Waals surface area contributed by atoms with E-state index in [9.17, 15) is 0 Å². The maximum atomic E-state index is 8.20. The largest absolute Gasteiger partial charge is 0.198 e. The highest BCUT2D eigenvalue weighted by Crippen LogP contribution is 2.09. The molecule has 0 amide bonds. The van der Waals surface area contributed by atoms with E-state index in [1.54, 1.807) is 0 Å². The van der Waals surface area contributed by atoms with Crippen molar-refractivity contribution in [2.45, 2.75) is 38.0 Å². The molecule has 0 aromatic heterocycles. The minimum absolute atomic E-state index is 0.0787. The third-order valence-electron chi connectivity index (χ3n) is 1.18. The summed E-state index contributed by atoms with van der Waals surface area (Å²) in [6.07, 6.45) is 3.76. The predicted octanol–water partition coefficient (Wildman–Crippen LogP) is 2.70. The summed E-state index contributed by atoms with van der Waals surface area (Å²) < 4.78 is 0. The van der Waals surface area contributed by atoms with Crippen molar-refractivity contribution in [2.24, 2.45) is 0 Å². The van der Waals surface area contributed by atoms with E-state index < -0.39 is 0 Å². The van der Waals surface area contributed by atoms with Crippen molar-refractivity contribution in [3.63, 3.8) is 0 Å². The van der Waals surface area contributed by atoms with Crippen molar-refractivity contribution in [2.75, 3.05) is 0 Å². The lowest BCUT2D eigenvalue weighted by molar-refractivity contribution is 0.684. The number of hydrogen-bond donors (Lipinski definition) is 0. The van der Waals surface area contributed by atoms with Crippen LogP contribution in [0.2, 0.25) is 0 Å². The number of nitrogens with zero attached hydrogens (tertiary/aromatic N) is 1. The summed E-state index contributed by atoms with van der Waals surface area (Å²) in [5.41, 5.74) is 0. The SMILES string of the molecule is CCCCC(Cl)CC#N. The van der Waals surface area contributed by atoms with Crippen molar-refractivity contribution < 1.29 is 0 Å². The van der Waals surface area contributed by atoms with Gasteiger partial charge >= 0.3 is 0 Å². The van der Waals surface area contributed by atoms with Gasteiger partial charge < -0.3 is 0 Å². The van der Waals surface area contributed by atoms with Crippen LogP contribution in [0.5, 0.6) is 0 Å². The molecule has 1 nitrogen and oxygen atoms in total. The van der Waals surface area contributed by atoms with Crippen LogP contribution in [0.4, 0.5) is 0 Å². The standard InChI is InChI=1S/C7H12ClN/c1-2-3-4-7(8)5-6-9/h7H,2-5H2,1H3. The number of halogens is 1. The third kappa shape index (κ3) is 5.65. The molecule has 0 heterocycles. The van der Waals surface area contributed by atoms with Crippen LogP contribution in [0.25, 0.3) is 0 Å². The molecule has 52 valence electrons. The van der Waals surface area contributed by atoms with Gasteiger partial charge in [-0.3, -0.25) is 0 Å². The Kier molecular flexibility index (Phi) is 5.76. The Morgan fingerprint density at radius 1 is 1.67 bits per heavy atom. The van der Waals surface area contributed by atoms with E-state index in [0.29, 0.717) is 6.42 Å². The topological polar surface area (TPSA) is 23.8 Å². The molecular formula is C7H12ClN. The summed E-state index contributed by atoms with van der Waals surface area (Å²) in [4.78, 5) is 0. The second-order valence-electron chi connectivity index (χ2n) is 2.10. The second-order valence-corrected chi connectivity index (χ2v) is 2.72. The molecule has 0 aromatic carbocycles. The second kappa shape index (κ2) is 5.91. The van der Waals surface area contributed by atoms with Gasteiger partial charge in [0.2, 0.25) is 0 Å². The van der Waals surface area contributed by atoms with Crippen LogP contribution in [0.3, 0.4) is 0 Å². The first-order chi connectivity index (χ1) is 4.31. The van der Waals surface area contributed by atoms with Gasteiger partial charge in [0.15, 0.2) is 0 Å². The van der Waals surface area contributed by atoms with E-state index in [1.807, 2.05) is 6.07 Å². The highest BCUT2D eigenvalue weighted by molar-refractivity contribution is 6.20. The van der Waals surface area contributed by atoms with Gasteiger partial charge in [-0.1, -0.05) is 19.8 Å². The van der Waals surface area contributed by atoms with Crippen LogP contribution in [0, 0.1) is 11.3 Å². The number of nitriles is 1. The van der Waals surface area contributed by atoms with E-state index in [2.05, 4.69) is 6.92 Å². The number of unbranched alkanes of at least 4 members (excludes halogenated alkanes) is 1. The molecule has 0 bridgehead atoms. The highest BCUT2D eigenvalue weighted by Gasteiger charge is 2.00. The number of alkyl halides is 1. The van der Waals surface area contributed by atoms with Gasteiger partial charge in [0.25, 0.3) is 0 Å². The van der Waals surface area contributed by atoms with Crippen LogP contribution >= 0.6 is 11.6 Å². The molecule has 0 fully saturated rings. The maximum Gasteiger partial charge on any atom is 0.0637 e. The van der Waals surface area contributed by atoms with Crippen LogP contribution in [0.1, 0.15) is 32.6 Å². The molecule has 0 radical (unpaired) electrons. The first-order valence-corrected chi connectivity index (χ1v) is 3.76. The van der Waals surface area contributed by atoms with Crippen molar-refractivity contribution >= 4 is 11.6 Å². The fourth-order valence-electron chi connectivity index (χ4n) is 0.627. The third-order valence-corrected chi connectivity index (χ3v) is 1.56. The average Bonchev–Trinajstić information content (AvgIpc) is 1.85. The first kappa shape index (κ1) is 8.78. The quantitative estimate of drug-likeness (QED) is 0.558. The van der Waals surface area contributed by atoms with Gasteiger partial charge in [0, 0.05) is 5.38 Å². The molecular weight excluding hydrogens is 134 g/mol. The van der Waals surface area contributed by atoms with Crippen molar-refractivity contribution in [1.82, 2.24) is 0 Å². The minimum Gasteiger partial charge on any atom is -0.198 e. The highest BCUT2D eigenvalue weighted by atomic mass is 35.5. The maximum absolute atomic E-state index is 8.20. The van der Waals surface area contributed by atoms with E-state index >= 15 is 0 Å².